The molecule has 0 bridgehead atoms. The molecule has 0 amide bonds. The lowest BCUT2D eigenvalue weighted by Crippen LogP contribution is -2.11. The Labute approximate surface area is 278 Å². The highest BCUT2D eigenvalue weighted by Gasteiger charge is 2.29. The molecule has 0 aliphatic rings. The number of para-hydroxylation sites is 3. The summed E-state index contributed by atoms with van der Waals surface area (Å²) in [5.41, 5.74) is 10.4. The standard InChI is InChI=1S/C41H22N8/c1-43-29-23-25(24-42)39(47-30-14-5-2-11-26(30)36-33(47)17-8-20-44-36)41(49-32-16-7-4-13-28(32)38-35(49)19-10-22-46-38)40(29)48-31-15-6-3-12-27(31)37-34(48)18-9-21-45-37/h2-23H. The van der Waals surface area contributed by atoms with Gasteiger partial charge in [-0.05, 0) is 60.7 Å². The fourth-order valence-corrected chi connectivity index (χ4v) is 7.54. The predicted octanol–water partition coefficient (Wildman–Crippen LogP) is 9.59. The maximum Gasteiger partial charge on any atom is 0.214 e. The number of nitriles is 1. The van der Waals surface area contributed by atoms with Gasteiger partial charge < -0.3 is 13.7 Å². The van der Waals surface area contributed by atoms with Gasteiger partial charge in [0.15, 0.2) is 0 Å². The van der Waals surface area contributed by atoms with Crippen LogP contribution in [0.25, 0.3) is 87.7 Å². The minimum atomic E-state index is 0.343. The maximum atomic E-state index is 11.0. The molecule has 6 heterocycles. The van der Waals surface area contributed by atoms with E-state index < -0.39 is 0 Å². The predicted molar refractivity (Wildman–Crippen MR) is 194 cm³/mol. The number of fused-ring (bicyclic) bond motifs is 9. The van der Waals surface area contributed by atoms with Gasteiger partial charge in [0.1, 0.15) is 6.07 Å². The summed E-state index contributed by atoms with van der Waals surface area (Å²) in [6.45, 7) is 8.58. The number of rotatable bonds is 3. The highest BCUT2D eigenvalue weighted by molar-refractivity contribution is 6.12. The Balaban J connectivity index is 1.54. The zero-order chi connectivity index (χ0) is 32.6. The van der Waals surface area contributed by atoms with Gasteiger partial charge in [-0.15, -0.1) is 0 Å². The van der Waals surface area contributed by atoms with Crippen molar-refractivity contribution in [3.05, 3.63) is 151 Å². The normalized spacial score (nSPS) is 11.6. The van der Waals surface area contributed by atoms with Crippen molar-refractivity contribution < 1.29 is 0 Å². The number of hydrogen-bond acceptors (Lipinski definition) is 4. The number of pyridine rings is 3. The van der Waals surface area contributed by atoms with E-state index in [4.69, 9.17) is 21.5 Å². The van der Waals surface area contributed by atoms with E-state index in [1.807, 2.05) is 72.8 Å². The summed E-state index contributed by atoms with van der Waals surface area (Å²) in [6, 6.07) is 40.5. The van der Waals surface area contributed by atoms with Crippen LogP contribution < -0.4 is 0 Å². The van der Waals surface area contributed by atoms with Crippen LogP contribution in [-0.2, 0) is 0 Å². The molecule has 10 rings (SSSR count). The molecule has 4 aromatic carbocycles. The average Bonchev–Trinajstić information content (AvgIpc) is 3.80. The van der Waals surface area contributed by atoms with E-state index in [-0.39, 0.29) is 0 Å². The number of benzene rings is 4. The monoisotopic (exact) mass is 626 g/mol. The third-order valence-electron chi connectivity index (χ3n) is 9.42. The third-order valence-corrected chi connectivity index (χ3v) is 9.42. The second kappa shape index (κ2) is 10.1. The molecule has 0 saturated heterocycles. The molecule has 8 nitrogen and oxygen atoms in total. The Hall–Kier alpha value is -7.29. The first-order valence-electron chi connectivity index (χ1n) is 15.8. The van der Waals surface area contributed by atoms with E-state index in [9.17, 15) is 5.26 Å². The molecule has 0 saturated carbocycles. The van der Waals surface area contributed by atoms with Crippen LogP contribution in [0.5, 0.6) is 0 Å². The van der Waals surface area contributed by atoms with E-state index in [1.54, 1.807) is 24.7 Å². The van der Waals surface area contributed by atoms with E-state index in [0.29, 0.717) is 28.3 Å². The Kier molecular flexibility index (Phi) is 5.54. The molecule has 0 radical (unpaired) electrons. The Morgan fingerprint density at radius 3 is 1.31 bits per heavy atom. The molecule has 0 N–H and O–H groups in total. The highest BCUT2D eigenvalue weighted by Crippen LogP contribution is 2.46. The Bertz CT molecular complexity index is 2780. The second-order valence-corrected chi connectivity index (χ2v) is 11.9. The van der Waals surface area contributed by atoms with Crippen LogP contribution >= 0.6 is 0 Å². The van der Waals surface area contributed by atoms with Crippen molar-refractivity contribution in [3.8, 4) is 23.1 Å². The number of nitrogens with zero attached hydrogens (tertiary/aromatic N) is 8. The van der Waals surface area contributed by atoms with Crippen LogP contribution in [0, 0.1) is 17.9 Å². The lowest BCUT2D eigenvalue weighted by atomic mass is 10.1. The van der Waals surface area contributed by atoms with Crippen molar-refractivity contribution >= 4 is 71.5 Å². The quantitative estimate of drug-likeness (QED) is 0.183. The summed E-state index contributed by atoms with van der Waals surface area (Å²) in [7, 11) is 0. The van der Waals surface area contributed by atoms with Crippen LogP contribution in [0.2, 0.25) is 0 Å². The highest BCUT2D eigenvalue weighted by atomic mass is 15.1. The second-order valence-electron chi connectivity index (χ2n) is 11.9. The van der Waals surface area contributed by atoms with Crippen LogP contribution in [0.4, 0.5) is 5.69 Å². The SMILES string of the molecule is [C-]#[N+]c1cc(C#N)c(-n2c3ccccc3c3ncccc32)c(-n2c3ccccc3c3ncccc32)c1-n1c2ccccc2c2ncccc21. The van der Waals surface area contributed by atoms with Crippen molar-refractivity contribution in [1.29, 1.82) is 5.26 Å². The number of hydrogen-bond donors (Lipinski definition) is 0. The molecule has 0 fully saturated rings. The smallest absolute Gasteiger partial charge is 0.214 e. The first-order valence-corrected chi connectivity index (χ1v) is 15.8. The summed E-state index contributed by atoms with van der Waals surface area (Å²) in [4.78, 5) is 18.6. The first kappa shape index (κ1) is 26.9. The van der Waals surface area contributed by atoms with Crippen molar-refractivity contribution in [2.24, 2.45) is 0 Å². The van der Waals surface area contributed by atoms with Gasteiger partial charge in [-0.3, -0.25) is 15.0 Å². The molecule has 226 valence electrons. The molecular formula is C41H22N8. The van der Waals surface area contributed by atoms with Gasteiger partial charge in [0.2, 0.25) is 5.69 Å². The molecule has 8 heteroatoms. The van der Waals surface area contributed by atoms with Crippen molar-refractivity contribution in [2.75, 3.05) is 0 Å². The molecule has 49 heavy (non-hydrogen) atoms. The van der Waals surface area contributed by atoms with Crippen LogP contribution in [0.15, 0.2) is 134 Å². The fraction of sp³-hybridized carbons (Fsp3) is 0. The van der Waals surface area contributed by atoms with E-state index in [2.05, 4.69) is 61.0 Å². The van der Waals surface area contributed by atoms with E-state index in [1.165, 1.54) is 0 Å². The Morgan fingerprint density at radius 2 is 0.878 bits per heavy atom. The zero-order valence-corrected chi connectivity index (χ0v) is 25.8. The molecule has 0 atom stereocenters. The topological polar surface area (TPSA) is 81.6 Å². The lowest BCUT2D eigenvalue weighted by Gasteiger charge is -2.24. The molecule has 0 unspecified atom stereocenters. The van der Waals surface area contributed by atoms with Gasteiger partial charge in [0.05, 0.1) is 78.8 Å². The third kappa shape index (κ3) is 3.57. The summed E-state index contributed by atoms with van der Waals surface area (Å²) in [5, 5.41) is 13.9. The first-order chi connectivity index (χ1) is 24.3. The van der Waals surface area contributed by atoms with Crippen LogP contribution in [0.3, 0.4) is 0 Å². The fourth-order valence-electron chi connectivity index (χ4n) is 7.54. The summed E-state index contributed by atoms with van der Waals surface area (Å²) >= 11 is 0. The van der Waals surface area contributed by atoms with Gasteiger partial charge in [0, 0.05) is 34.7 Å². The van der Waals surface area contributed by atoms with Gasteiger partial charge in [-0.25, -0.2) is 4.85 Å². The summed E-state index contributed by atoms with van der Waals surface area (Å²) < 4.78 is 6.44. The molecule has 6 aromatic heterocycles. The molecule has 0 aliphatic heterocycles. The molecule has 0 spiro atoms. The average molecular weight is 627 g/mol. The zero-order valence-electron chi connectivity index (χ0n) is 25.8. The van der Waals surface area contributed by atoms with Gasteiger partial charge in [0.25, 0.3) is 0 Å². The summed E-state index contributed by atoms with van der Waals surface area (Å²) in [6.07, 6.45) is 5.39. The molecule has 0 aliphatic carbocycles. The van der Waals surface area contributed by atoms with Crippen molar-refractivity contribution in [1.82, 2.24) is 28.7 Å². The number of aromatic nitrogens is 6. The largest absolute Gasteiger partial charge is 0.315 e. The minimum absolute atomic E-state index is 0.343. The minimum Gasteiger partial charge on any atom is -0.315 e. The van der Waals surface area contributed by atoms with E-state index in [0.717, 1.165) is 65.8 Å². The lowest BCUT2D eigenvalue weighted by molar-refractivity contribution is 1.05. The Morgan fingerprint density at radius 1 is 0.490 bits per heavy atom. The van der Waals surface area contributed by atoms with Gasteiger partial charge >= 0.3 is 0 Å². The maximum absolute atomic E-state index is 11.0. The summed E-state index contributed by atoms with van der Waals surface area (Å²) in [5.74, 6) is 0. The van der Waals surface area contributed by atoms with Crippen molar-refractivity contribution in [3.63, 3.8) is 0 Å². The van der Waals surface area contributed by atoms with Crippen molar-refractivity contribution in [2.45, 2.75) is 0 Å². The van der Waals surface area contributed by atoms with Gasteiger partial charge in [-0.2, -0.15) is 5.26 Å². The molecule has 10 aromatic rings. The van der Waals surface area contributed by atoms with Crippen LogP contribution in [-0.4, -0.2) is 28.7 Å². The molecular weight excluding hydrogens is 605 g/mol. The van der Waals surface area contributed by atoms with Gasteiger partial charge in [-0.1, -0.05) is 54.6 Å². The van der Waals surface area contributed by atoms with E-state index >= 15 is 0 Å². The van der Waals surface area contributed by atoms with Crippen LogP contribution in [0.1, 0.15) is 5.56 Å².